The van der Waals surface area contributed by atoms with Crippen molar-refractivity contribution >= 4 is 0 Å². The second-order valence-electron chi connectivity index (χ2n) is 6.08. The van der Waals surface area contributed by atoms with Gasteiger partial charge >= 0.3 is 0 Å². The van der Waals surface area contributed by atoms with Gasteiger partial charge in [-0.15, -0.1) is 0 Å². The van der Waals surface area contributed by atoms with Crippen LogP contribution in [0.15, 0.2) is 48.5 Å². The van der Waals surface area contributed by atoms with Gasteiger partial charge in [-0.2, -0.15) is 0 Å². The van der Waals surface area contributed by atoms with E-state index < -0.39 is 0 Å². The van der Waals surface area contributed by atoms with Crippen molar-refractivity contribution in [1.82, 2.24) is 5.32 Å². The monoisotopic (exact) mass is 281 g/mol. The smallest absolute Gasteiger partial charge is 0.0681 e. The van der Waals surface area contributed by atoms with Gasteiger partial charge in [0.25, 0.3) is 0 Å². The van der Waals surface area contributed by atoms with Gasteiger partial charge in [-0.3, -0.25) is 0 Å². The maximum atomic E-state index is 9.08. The molecule has 1 atom stereocenters. The van der Waals surface area contributed by atoms with Crippen LogP contribution in [0.2, 0.25) is 0 Å². The van der Waals surface area contributed by atoms with Crippen molar-refractivity contribution in [2.45, 2.75) is 39.0 Å². The third-order valence-electron chi connectivity index (χ3n) is 4.26. The van der Waals surface area contributed by atoms with Crippen LogP contribution < -0.4 is 5.32 Å². The van der Waals surface area contributed by atoms with Gasteiger partial charge in [-0.1, -0.05) is 54.1 Å². The summed E-state index contributed by atoms with van der Waals surface area (Å²) in [6.07, 6.45) is 2.66. The number of rotatable bonds is 6. The Morgan fingerprint density at radius 1 is 1.00 bits per heavy atom. The summed E-state index contributed by atoms with van der Waals surface area (Å²) >= 11 is 0. The lowest BCUT2D eigenvalue weighted by molar-refractivity contribution is 0.282. The van der Waals surface area contributed by atoms with Gasteiger partial charge in [0.1, 0.15) is 0 Å². The molecule has 2 heteroatoms. The van der Waals surface area contributed by atoms with E-state index in [2.05, 4.69) is 48.6 Å². The van der Waals surface area contributed by atoms with Crippen molar-refractivity contribution in [3.05, 3.63) is 70.8 Å². The van der Waals surface area contributed by atoms with Crippen LogP contribution in [0.1, 0.15) is 41.1 Å². The predicted molar refractivity (Wildman–Crippen MR) is 85.8 cm³/mol. The molecule has 1 aliphatic carbocycles. The summed E-state index contributed by atoms with van der Waals surface area (Å²) in [4.78, 5) is 0. The molecule has 0 radical (unpaired) electrons. The molecule has 0 amide bonds. The first-order chi connectivity index (χ1) is 10.3. The van der Waals surface area contributed by atoms with E-state index in [1.54, 1.807) is 0 Å². The molecule has 1 saturated carbocycles. The van der Waals surface area contributed by atoms with E-state index in [4.69, 9.17) is 5.11 Å². The number of aryl methyl sites for hydroxylation is 1. The van der Waals surface area contributed by atoms with Gasteiger partial charge < -0.3 is 10.4 Å². The van der Waals surface area contributed by atoms with Gasteiger partial charge in [0.2, 0.25) is 0 Å². The van der Waals surface area contributed by atoms with Gasteiger partial charge in [0.05, 0.1) is 6.61 Å². The highest BCUT2D eigenvalue weighted by Crippen LogP contribution is 2.41. The number of hydrogen-bond donors (Lipinski definition) is 2. The van der Waals surface area contributed by atoms with Gasteiger partial charge in [-0.05, 0) is 42.4 Å². The van der Waals surface area contributed by atoms with Crippen molar-refractivity contribution in [1.29, 1.82) is 0 Å². The molecule has 1 fully saturated rings. The molecular weight excluding hydrogens is 258 g/mol. The Hall–Kier alpha value is -1.64. The van der Waals surface area contributed by atoms with E-state index in [0.717, 1.165) is 18.0 Å². The topological polar surface area (TPSA) is 32.3 Å². The normalized spacial score (nSPS) is 15.9. The third-order valence-corrected chi connectivity index (χ3v) is 4.26. The fourth-order valence-electron chi connectivity index (χ4n) is 2.75. The standard InChI is InChI=1S/C19H23NO/c1-14-2-8-17(9-3-14)19(18-10-11-18)20-12-15-4-6-16(13-21)7-5-15/h2-9,18-21H,10-13H2,1H3. The Kier molecular flexibility index (Phi) is 4.37. The van der Waals surface area contributed by atoms with Crippen LogP contribution in [0, 0.1) is 12.8 Å². The van der Waals surface area contributed by atoms with E-state index >= 15 is 0 Å². The molecule has 0 bridgehead atoms. The van der Waals surface area contributed by atoms with Crippen molar-refractivity contribution in [2.24, 2.45) is 5.92 Å². The summed E-state index contributed by atoms with van der Waals surface area (Å²) in [5.74, 6) is 0.782. The summed E-state index contributed by atoms with van der Waals surface area (Å²) in [5.41, 5.74) is 4.95. The first kappa shape index (κ1) is 14.3. The summed E-state index contributed by atoms with van der Waals surface area (Å²) in [5, 5.41) is 12.8. The second kappa shape index (κ2) is 6.42. The Balaban J connectivity index is 1.66. The van der Waals surface area contributed by atoms with Crippen molar-refractivity contribution in [2.75, 3.05) is 0 Å². The molecule has 0 heterocycles. The lowest BCUT2D eigenvalue weighted by Gasteiger charge is -2.19. The molecule has 110 valence electrons. The van der Waals surface area contributed by atoms with E-state index in [9.17, 15) is 0 Å². The molecule has 2 nitrogen and oxygen atoms in total. The molecule has 2 N–H and O–H groups in total. The van der Waals surface area contributed by atoms with Crippen LogP contribution in [0.3, 0.4) is 0 Å². The van der Waals surface area contributed by atoms with Crippen molar-refractivity contribution in [3.8, 4) is 0 Å². The summed E-state index contributed by atoms with van der Waals surface area (Å²) in [6, 6.07) is 17.5. The first-order valence-electron chi connectivity index (χ1n) is 7.75. The molecule has 2 aromatic rings. The zero-order valence-electron chi connectivity index (χ0n) is 12.5. The highest BCUT2D eigenvalue weighted by Gasteiger charge is 2.31. The average molecular weight is 281 g/mol. The lowest BCUT2D eigenvalue weighted by Crippen LogP contribution is -2.22. The number of benzene rings is 2. The SMILES string of the molecule is Cc1ccc(C(NCc2ccc(CO)cc2)C2CC2)cc1. The molecule has 1 unspecified atom stereocenters. The largest absolute Gasteiger partial charge is 0.392 e. The van der Waals surface area contributed by atoms with E-state index in [1.165, 1.54) is 29.5 Å². The number of nitrogens with one attached hydrogen (secondary N) is 1. The molecule has 0 aromatic heterocycles. The minimum Gasteiger partial charge on any atom is -0.392 e. The molecular formula is C19H23NO. The van der Waals surface area contributed by atoms with Crippen molar-refractivity contribution < 1.29 is 5.11 Å². The Bertz CT molecular complexity index is 570. The minimum absolute atomic E-state index is 0.113. The Morgan fingerprint density at radius 2 is 1.62 bits per heavy atom. The van der Waals surface area contributed by atoms with Crippen LogP contribution in [-0.2, 0) is 13.2 Å². The summed E-state index contributed by atoms with van der Waals surface area (Å²) in [7, 11) is 0. The maximum absolute atomic E-state index is 9.08. The molecule has 1 aliphatic rings. The van der Waals surface area contributed by atoms with Crippen LogP contribution in [0.5, 0.6) is 0 Å². The molecule has 2 aromatic carbocycles. The average Bonchev–Trinajstić information content (AvgIpc) is 3.35. The molecule has 0 spiro atoms. The lowest BCUT2D eigenvalue weighted by atomic mass is 10.0. The Labute approximate surface area is 126 Å². The van der Waals surface area contributed by atoms with Gasteiger partial charge in [-0.25, -0.2) is 0 Å². The second-order valence-corrected chi connectivity index (χ2v) is 6.08. The summed E-state index contributed by atoms with van der Waals surface area (Å²) < 4.78 is 0. The van der Waals surface area contributed by atoms with Crippen molar-refractivity contribution in [3.63, 3.8) is 0 Å². The van der Waals surface area contributed by atoms with E-state index in [1.807, 2.05) is 12.1 Å². The Morgan fingerprint density at radius 3 is 2.19 bits per heavy atom. The number of hydrogen-bond acceptors (Lipinski definition) is 2. The first-order valence-corrected chi connectivity index (χ1v) is 7.75. The fraction of sp³-hybridized carbons (Fsp3) is 0.368. The van der Waals surface area contributed by atoms with Crippen LogP contribution in [0.4, 0.5) is 0 Å². The fourth-order valence-corrected chi connectivity index (χ4v) is 2.75. The van der Waals surface area contributed by atoms with E-state index in [-0.39, 0.29) is 6.61 Å². The highest BCUT2D eigenvalue weighted by atomic mass is 16.3. The molecule has 3 rings (SSSR count). The zero-order valence-corrected chi connectivity index (χ0v) is 12.5. The number of aliphatic hydroxyl groups excluding tert-OH is 1. The van der Waals surface area contributed by atoms with Gasteiger partial charge in [0.15, 0.2) is 0 Å². The predicted octanol–water partition coefficient (Wildman–Crippen LogP) is 3.73. The molecule has 21 heavy (non-hydrogen) atoms. The zero-order chi connectivity index (χ0) is 14.7. The van der Waals surface area contributed by atoms with E-state index in [0.29, 0.717) is 6.04 Å². The quantitative estimate of drug-likeness (QED) is 0.845. The molecule has 0 saturated heterocycles. The van der Waals surface area contributed by atoms with Crippen LogP contribution in [-0.4, -0.2) is 5.11 Å². The van der Waals surface area contributed by atoms with Gasteiger partial charge in [0, 0.05) is 12.6 Å². The third kappa shape index (κ3) is 3.72. The maximum Gasteiger partial charge on any atom is 0.0681 e. The molecule has 0 aliphatic heterocycles. The highest BCUT2D eigenvalue weighted by molar-refractivity contribution is 5.26. The van der Waals surface area contributed by atoms with Crippen LogP contribution >= 0.6 is 0 Å². The minimum atomic E-state index is 0.113. The summed E-state index contributed by atoms with van der Waals surface area (Å²) in [6.45, 7) is 3.12. The number of aliphatic hydroxyl groups is 1. The van der Waals surface area contributed by atoms with Crippen LogP contribution in [0.25, 0.3) is 0 Å².